The second kappa shape index (κ2) is 9.82. The topological polar surface area (TPSA) is 116 Å². The molecule has 2 aromatic rings. The third kappa shape index (κ3) is 6.04. The first-order valence-corrected chi connectivity index (χ1v) is 8.70. The average Bonchev–Trinajstić information content (AvgIpc) is 2.66. The number of ether oxygens (including phenoxy) is 1. The van der Waals surface area contributed by atoms with Crippen molar-refractivity contribution in [1.82, 2.24) is 5.32 Å². The largest absolute Gasteiger partial charge is 0.457 e. The predicted octanol–water partition coefficient (Wildman–Crippen LogP) is 3.45. The summed E-state index contributed by atoms with van der Waals surface area (Å²) in [7, 11) is 0. The minimum Gasteiger partial charge on any atom is -0.457 e. The van der Waals surface area contributed by atoms with Crippen LogP contribution in [0.1, 0.15) is 27.1 Å². The number of halogens is 2. The van der Waals surface area contributed by atoms with Crippen molar-refractivity contribution in [2.75, 3.05) is 13.2 Å². The van der Waals surface area contributed by atoms with E-state index in [1.165, 1.54) is 42.5 Å². The molecule has 0 heterocycles. The number of amides is 1. The van der Waals surface area contributed by atoms with E-state index in [-0.39, 0.29) is 34.8 Å². The van der Waals surface area contributed by atoms with Gasteiger partial charge in [-0.05, 0) is 30.3 Å². The Hall–Kier alpha value is -2.97. The van der Waals surface area contributed by atoms with Crippen molar-refractivity contribution >= 4 is 46.5 Å². The van der Waals surface area contributed by atoms with Gasteiger partial charge >= 0.3 is 5.97 Å². The quantitative estimate of drug-likeness (QED) is 0.300. The van der Waals surface area contributed by atoms with Crippen LogP contribution in [-0.4, -0.2) is 35.7 Å². The maximum Gasteiger partial charge on any atom is 0.308 e. The van der Waals surface area contributed by atoms with E-state index in [1.54, 1.807) is 0 Å². The summed E-state index contributed by atoms with van der Waals surface area (Å²) in [6, 6.07) is 9.36. The van der Waals surface area contributed by atoms with Crippen molar-refractivity contribution in [3.05, 3.63) is 73.8 Å². The van der Waals surface area contributed by atoms with Gasteiger partial charge in [0.25, 0.3) is 11.6 Å². The first-order valence-electron chi connectivity index (χ1n) is 7.94. The molecule has 0 saturated carbocycles. The molecule has 1 amide bonds. The van der Waals surface area contributed by atoms with Crippen molar-refractivity contribution in [2.45, 2.75) is 6.42 Å². The molecule has 0 atom stereocenters. The minimum atomic E-state index is -0.678. The normalized spacial score (nSPS) is 10.2. The summed E-state index contributed by atoms with van der Waals surface area (Å²) in [5.74, 6) is -1.65. The molecular weight excluding hydrogens is 411 g/mol. The van der Waals surface area contributed by atoms with Gasteiger partial charge in [0.1, 0.15) is 0 Å². The summed E-state index contributed by atoms with van der Waals surface area (Å²) in [4.78, 5) is 45.6. The molecule has 0 saturated heterocycles. The van der Waals surface area contributed by atoms with E-state index in [9.17, 15) is 24.5 Å². The van der Waals surface area contributed by atoms with E-state index in [4.69, 9.17) is 27.9 Å². The van der Waals surface area contributed by atoms with Crippen LogP contribution in [0.5, 0.6) is 0 Å². The fraction of sp³-hybridized carbons (Fsp3) is 0.167. The highest BCUT2D eigenvalue weighted by Gasteiger charge is 2.14. The van der Waals surface area contributed by atoms with E-state index < -0.39 is 29.2 Å². The van der Waals surface area contributed by atoms with Gasteiger partial charge in [0, 0.05) is 34.8 Å². The van der Waals surface area contributed by atoms with Crippen molar-refractivity contribution in [2.24, 2.45) is 0 Å². The number of nitro groups is 1. The summed E-state index contributed by atoms with van der Waals surface area (Å²) in [6.07, 6.45) is -0.152. The lowest BCUT2D eigenvalue weighted by Crippen LogP contribution is -2.27. The van der Waals surface area contributed by atoms with Gasteiger partial charge in [-0.1, -0.05) is 23.2 Å². The highest BCUT2D eigenvalue weighted by Crippen LogP contribution is 2.21. The zero-order valence-electron chi connectivity index (χ0n) is 14.3. The number of carbonyl (C=O) groups is 3. The molecule has 1 N–H and O–H groups in total. The van der Waals surface area contributed by atoms with E-state index in [0.717, 1.165) is 0 Å². The van der Waals surface area contributed by atoms with Gasteiger partial charge in [-0.3, -0.25) is 24.5 Å². The average molecular weight is 425 g/mol. The Labute approximate surface area is 169 Å². The van der Waals surface area contributed by atoms with Crippen molar-refractivity contribution in [3.63, 3.8) is 0 Å². The van der Waals surface area contributed by atoms with Crippen molar-refractivity contribution in [1.29, 1.82) is 0 Å². The Morgan fingerprint density at radius 3 is 2.36 bits per heavy atom. The highest BCUT2D eigenvalue weighted by atomic mass is 35.5. The smallest absolute Gasteiger partial charge is 0.308 e. The van der Waals surface area contributed by atoms with Gasteiger partial charge in [-0.25, -0.2) is 0 Å². The van der Waals surface area contributed by atoms with E-state index >= 15 is 0 Å². The molecule has 10 heteroatoms. The summed E-state index contributed by atoms with van der Waals surface area (Å²) in [5.41, 5.74) is 0.266. The molecule has 0 spiro atoms. The number of nitrogens with zero attached hydrogens (tertiary/aromatic N) is 1. The zero-order chi connectivity index (χ0) is 20.7. The van der Waals surface area contributed by atoms with Gasteiger partial charge in [0.05, 0.1) is 16.4 Å². The van der Waals surface area contributed by atoms with Crippen LogP contribution in [-0.2, 0) is 9.53 Å². The van der Waals surface area contributed by atoms with Gasteiger partial charge in [0.15, 0.2) is 6.61 Å². The molecule has 8 nitrogen and oxygen atoms in total. The van der Waals surface area contributed by atoms with Crippen LogP contribution in [0.2, 0.25) is 10.0 Å². The zero-order valence-corrected chi connectivity index (χ0v) is 15.8. The number of nitro benzene ring substituents is 1. The van der Waals surface area contributed by atoms with Gasteiger partial charge in [0.2, 0.25) is 5.78 Å². The molecule has 28 heavy (non-hydrogen) atoms. The maximum absolute atomic E-state index is 12.0. The van der Waals surface area contributed by atoms with Crippen LogP contribution in [0.15, 0.2) is 42.5 Å². The molecule has 0 aliphatic heterocycles. The number of nitrogens with one attached hydrogen (secondary N) is 1. The number of non-ortho nitro benzene ring substituents is 1. The number of hydrogen-bond acceptors (Lipinski definition) is 6. The monoisotopic (exact) mass is 424 g/mol. The lowest BCUT2D eigenvalue weighted by Gasteiger charge is -2.07. The number of benzene rings is 2. The van der Waals surface area contributed by atoms with E-state index in [2.05, 4.69) is 5.32 Å². The molecule has 0 aromatic heterocycles. The van der Waals surface area contributed by atoms with Crippen molar-refractivity contribution < 1.29 is 24.0 Å². The number of hydrogen-bond donors (Lipinski definition) is 1. The van der Waals surface area contributed by atoms with Crippen LogP contribution in [0, 0.1) is 10.1 Å². The van der Waals surface area contributed by atoms with Crippen LogP contribution < -0.4 is 5.32 Å². The van der Waals surface area contributed by atoms with Crippen molar-refractivity contribution in [3.8, 4) is 0 Å². The highest BCUT2D eigenvalue weighted by molar-refractivity contribution is 6.36. The van der Waals surface area contributed by atoms with E-state index in [1.807, 2.05) is 0 Å². The summed E-state index contributed by atoms with van der Waals surface area (Å²) < 4.78 is 4.87. The molecule has 2 aromatic carbocycles. The second-order valence-electron chi connectivity index (χ2n) is 5.52. The Kier molecular flexibility index (Phi) is 7.48. The number of rotatable bonds is 8. The Balaban J connectivity index is 1.75. The second-order valence-corrected chi connectivity index (χ2v) is 6.36. The number of Topliss-reactive ketones (excluding diaryl/α,β-unsaturated/α-hetero) is 1. The molecular formula is C18H14Cl2N2O6. The standard InChI is InChI=1S/C18H14Cl2N2O6/c19-12-3-6-14(15(20)9-12)16(23)10-28-17(24)7-8-21-18(25)11-1-4-13(5-2-11)22(26)27/h1-6,9H,7-8,10H2,(H,21,25). The first-order chi connectivity index (χ1) is 13.3. The fourth-order valence-electron chi connectivity index (χ4n) is 2.13. The van der Waals surface area contributed by atoms with Gasteiger partial charge < -0.3 is 10.1 Å². The van der Waals surface area contributed by atoms with Gasteiger partial charge in [-0.2, -0.15) is 0 Å². The Morgan fingerprint density at radius 2 is 1.75 bits per heavy atom. The molecule has 0 aliphatic rings. The Bertz CT molecular complexity index is 915. The van der Waals surface area contributed by atoms with Crippen LogP contribution in [0.25, 0.3) is 0 Å². The number of ketones is 1. The molecule has 0 aliphatic carbocycles. The lowest BCUT2D eigenvalue weighted by atomic mass is 10.1. The first kappa shape index (κ1) is 21.3. The number of carbonyl (C=O) groups excluding carboxylic acids is 3. The molecule has 0 fully saturated rings. The molecule has 0 radical (unpaired) electrons. The fourth-order valence-corrected chi connectivity index (χ4v) is 2.64. The Morgan fingerprint density at radius 1 is 1.07 bits per heavy atom. The van der Waals surface area contributed by atoms with Crippen LogP contribution >= 0.6 is 23.2 Å². The van der Waals surface area contributed by atoms with E-state index in [0.29, 0.717) is 5.02 Å². The molecule has 2 rings (SSSR count). The maximum atomic E-state index is 12.0. The molecule has 0 bridgehead atoms. The number of esters is 1. The molecule has 0 unspecified atom stereocenters. The van der Waals surface area contributed by atoms with Crippen LogP contribution in [0.4, 0.5) is 5.69 Å². The lowest BCUT2D eigenvalue weighted by molar-refractivity contribution is -0.384. The summed E-state index contributed by atoms with van der Waals surface area (Å²) in [6.45, 7) is -0.513. The minimum absolute atomic E-state index is 0.0233. The summed E-state index contributed by atoms with van der Waals surface area (Å²) >= 11 is 11.7. The summed E-state index contributed by atoms with van der Waals surface area (Å²) in [5, 5.41) is 13.6. The van der Waals surface area contributed by atoms with Gasteiger partial charge in [-0.15, -0.1) is 0 Å². The molecule has 146 valence electrons. The predicted molar refractivity (Wildman–Crippen MR) is 102 cm³/mol. The SMILES string of the molecule is O=C(CCNC(=O)c1ccc([N+](=O)[O-])cc1)OCC(=O)c1ccc(Cl)cc1Cl. The third-order valence-corrected chi connectivity index (χ3v) is 4.10. The third-order valence-electron chi connectivity index (χ3n) is 3.55. The van der Waals surface area contributed by atoms with Crippen LogP contribution in [0.3, 0.4) is 0 Å².